The van der Waals surface area contributed by atoms with Crippen LogP contribution in [-0.4, -0.2) is 17.3 Å². The van der Waals surface area contributed by atoms with E-state index in [9.17, 15) is 0 Å². The summed E-state index contributed by atoms with van der Waals surface area (Å²) in [4.78, 5) is 0. The highest BCUT2D eigenvalue weighted by atomic mass is 16.5. The number of aromatic nitrogens is 2. The zero-order valence-corrected chi connectivity index (χ0v) is 14.8. The van der Waals surface area contributed by atoms with Crippen LogP contribution < -0.4 is 10.1 Å². The molecule has 5 heteroatoms. The van der Waals surface area contributed by atoms with Crippen LogP contribution in [-0.2, 0) is 6.54 Å². The Morgan fingerprint density at radius 3 is 2.50 bits per heavy atom. The first-order valence-electron chi connectivity index (χ1n) is 8.40. The molecule has 0 radical (unpaired) electrons. The van der Waals surface area contributed by atoms with Gasteiger partial charge < -0.3 is 10.1 Å². The molecule has 3 rings (SSSR count). The predicted molar refractivity (Wildman–Crippen MR) is 100 cm³/mol. The van der Waals surface area contributed by atoms with Gasteiger partial charge in [-0.1, -0.05) is 36.4 Å². The maximum absolute atomic E-state index is 9.03. The summed E-state index contributed by atoms with van der Waals surface area (Å²) >= 11 is 0. The summed E-state index contributed by atoms with van der Waals surface area (Å²) in [7, 11) is 1.57. The molecule has 0 saturated carbocycles. The first-order chi connectivity index (χ1) is 12.7. The van der Waals surface area contributed by atoms with Crippen molar-refractivity contribution in [2.45, 2.75) is 19.5 Å². The summed E-state index contributed by atoms with van der Waals surface area (Å²) in [5.74, 6) is 0.512. The van der Waals surface area contributed by atoms with Gasteiger partial charge >= 0.3 is 0 Å². The van der Waals surface area contributed by atoms with Crippen molar-refractivity contribution in [1.82, 2.24) is 15.5 Å². The second-order valence-electron chi connectivity index (χ2n) is 5.98. The number of hydrogen-bond donors (Lipinski definition) is 1. The third-order valence-electron chi connectivity index (χ3n) is 4.23. The molecule has 2 aromatic carbocycles. The van der Waals surface area contributed by atoms with Crippen LogP contribution >= 0.6 is 0 Å². The molecule has 0 aliphatic heterocycles. The summed E-state index contributed by atoms with van der Waals surface area (Å²) in [5.41, 5.74) is 4.86. The van der Waals surface area contributed by atoms with E-state index in [0.29, 0.717) is 18.0 Å². The minimum atomic E-state index is 0.179. The van der Waals surface area contributed by atoms with Gasteiger partial charge in [-0.25, -0.2) is 0 Å². The van der Waals surface area contributed by atoms with Crippen molar-refractivity contribution >= 4 is 0 Å². The summed E-state index contributed by atoms with van der Waals surface area (Å²) in [6.45, 7) is 2.74. The number of nitrogens with zero attached hydrogens (tertiary/aromatic N) is 3. The fourth-order valence-electron chi connectivity index (χ4n) is 2.66. The molecule has 0 aliphatic carbocycles. The number of nitriles is 1. The Morgan fingerprint density at radius 2 is 1.85 bits per heavy atom. The van der Waals surface area contributed by atoms with Gasteiger partial charge in [-0.3, -0.25) is 0 Å². The first kappa shape index (κ1) is 17.6. The van der Waals surface area contributed by atoms with E-state index in [1.807, 2.05) is 30.3 Å². The number of nitrogens with one attached hydrogen (secondary N) is 1. The molecule has 0 bridgehead atoms. The van der Waals surface area contributed by atoms with E-state index in [0.717, 1.165) is 16.8 Å². The Hall–Kier alpha value is -3.23. The van der Waals surface area contributed by atoms with E-state index >= 15 is 0 Å². The second kappa shape index (κ2) is 8.24. The summed E-state index contributed by atoms with van der Waals surface area (Å²) in [6.07, 6.45) is 0. The lowest BCUT2D eigenvalue weighted by atomic mass is 10.00. The van der Waals surface area contributed by atoms with Crippen molar-refractivity contribution in [1.29, 1.82) is 5.26 Å². The lowest BCUT2D eigenvalue weighted by Gasteiger charge is -2.14. The minimum Gasteiger partial charge on any atom is -0.480 e. The molecule has 0 fully saturated rings. The van der Waals surface area contributed by atoms with Gasteiger partial charge in [0.15, 0.2) is 0 Å². The summed E-state index contributed by atoms with van der Waals surface area (Å²) < 4.78 is 5.01. The standard InChI is InChI=1S/C21H20N4O/c1-15(23-14-20-10-11-21(26-2)25-24-20)17-6-8-18(9-7-17)19-5-3-4-16(12-19)13-22/h3-12,15,23H,14H2,1-2H3/t15-/m0/s1. The van der Waals surface area contributed by atoms with Crippen LogP contribution in [0.3, 0.4) is 0 Å². The average molecular weight is 344 g/mol. The van der Waals surface area contributed by atoms with Crippen LogP contribution in [0.2, 0.25) is 0 Å². The number of methoxy groups -OCH3 is 1. The normalized spacial score (nSPS) is 11.6. The summed E-state index contributed by atoms with van der Waals surface area (Å²) in [5, 5.41) is 20.6. The highest BCUT2D eigenvalue weighted by molar-refractivity contribution is 5.65. The van der Waals surface area contributed by atoms with Crippen molar-refractivity contribution in [3.63, 3.8) is 0 Å². The fourth-order valence-corrected chi connectivity index (χ4v) is 2.66. The molecule has 5 nitrogen and oxygen atoms in total. The van der Waals surface area contributed by atoms with Gasteiger partial charge in [0.25, 0.3) is 0 Å². The monoisotopic (exact) mass is 344 g/mol. The molecule has 1 aromatic heterocycles. The highest BCUT2D eigenvalue weighted by Gasteiger charge is 2.07. The van der Waals surface area contributed by atoms with Gasteiger partial charge in [-0.2, -0.15) is 10.4 Å². The zero-order chi connectivity index (χ0) is 18.4. The predicted octanol–water partition coefficient (Wildman–Crippen LogP) is 3.87. The Balaban J connectivity index is 1.64. The molecule has 0 aliphatic rings. The van der Waals surface area contributed by atoms with Gasteiger partial charge in [0.2, 0.25) is 5.88 Å². The summed E-state index contributed by atoms with van der Waals surface area (Å²) in [6, 6.07) is 22.1. The molecule has 1 heterocycles. The topological polar surface area (TPSA) is 70.8 Å². The van der Waals surface area contributed by atoms with E-state index in [1.54, 1.807) is 13.2 Å². The van der Waals surface area contributed by atoms with Crippen molar-refractivity contribution in [2.75, 3.05) is 7.11 Å². The molecule has 1 N–H and O–H groups in total. The van der Waals surface area contributed by atoms with Crippen LogP contribution in [0.15, 0.2) is 60.7 Å². The number of rotatable bonds is 6. The smallest absolute Gasteiger partial charge is 0.233 e. The van der Waals surface area contributed by atoms with Crippen molar-refractivity contribution in [3.8, 4) is 23.1 Å². The zero-order valence-electron chi connectivity index (χ0n) is 14.8. The molecule has 0 spiro atoms. The van der Waals surface area contributed by atoms with Gasteiger partial charge in [0.05, 0.1) is 24.4 Å². The maximum Gasteiger partial charge on any atom is 0.233 e. The third kappa shape index (κ3) is 4.24. The average Bonchev–Trinajstić information content (AvgIpc) is 2.72. The Labute approximate surface area is 153 Å². The van der Waals surface area contributed by atoms with E-state index in [-0.39, 0.29) is 6.04 Å². The van der Waals surface area contributed by atoms with Crippen LogP contribution in [0.4, 0.5) is 0 Å². The van der Waals surface area contributed by atoms with E-state index < -0.39 is 0 Å². The molecular weight excluding hydrogens is 324 g/mol. The largest absolute Gasteiger partial charge is 0.480 e. The second-order valence-corrected chi connectivity index (χ2v) is 5.98. The minimum absolute atomic E-state index is 0.179. The SMILES string of the molecule is COc1ccc(CN[C@@H](C)c2ccc(-c3cccc(C#N)c3)cc2)nn1. The van der Waals surface area contributed by atoms with Gasteiger partial charge in [-0.15, -0.1) is 5.10 Å². The number of hydrogen-bond acceptors (Lipinski definition) is 5. The van der Waals surface area contributed by atoms with Gasteiger partial charge in [-0.05, 0) is 41.8 Å². The highest BCUT2D eigenvalue weighted by Crippen LogP contribution is 2.23. The maximum atomic E-state index is 9.03. The number of benzene rings is 2. The van der Waals surface area contributed by atoms with E-state index in [4.69, 9.17) is 10.00 Å². The van der Waals surface area contributed by atoms with Crippen LogP contribution in [0.1, 0.15) is 29.8 Å². The van der Waals surface area contributed by atoms with Crippen molar-refractivity contribution in [3.05, 3.63) is 77.5 Å². The number of ether oxygens (including phenoxy) is 1. The molecule has 26 heavy (non-hydrogen) atoms. The van der Waals surface area contributed by atoms with Crippen LogP contribution in [0.5, 0.6) is 5.88 Å². The van der Waals surface area contributed by atoms with E-state index in [2.05, 4.69) is 52.8 Å². The molecule has 0 unspecified atom stereocenters. The van der Waals surface area contributed by atoms with Crippen molar-refractivity contribution in [2.24, 2.45) is 0 Å². The lowest BCUT2D eigenvalue weighted by molar-refractivity contribution is 0.390. The van der Waals surface area contributed by atoms with Gasteiger partial charge in [0.1, 0.15) is 0 Å². The molecule has 1 atom stereocenters. The van der Waals surface area contributed by atoms with Crippen LogP contribution in [0.25, 0.3) is 11.1 Å². The lowest BCUT2D eigenvalue weighted by Crippen LogP contribution is -2.19. The fraction of sp³-hybridized carbons (Fsp3) is 0.190. The Bertz CT molecular complexity index is 899. The molecule has 130 valence electrons. The molecule has 0 amide bonds. The quantitative estimate of drug-likeness (QED) is 0.735. The van der Waals surface area contributed by atoms with Crippen molar-refractivity contribution < 1.29 is 4.74 Å². The van der Waals surface area contributed by atoms with Crippen LogP contribution in [0, 0.1) is 11.3 Å². The molecular formula is C21H20N4O. The first-order valence-corrected chi connectivity index (χ1v) is 8.40. The van der Waals surface area contributed by atoms with E-state index in [1.165, 1.54) is 5.56 Å². The molecule has 3 aromatic rings. The molecule has 0 saturated heterocycles. The van der Waals surface area contributed by atoms with Gasteiger partial charge in [0, 0.05) is 18.7 Å². The Kier molecular flexibility index (Phi) is 5.57. The third-order valence-corrected chi connectivity index (χ3v) is 4.23. The Morgan fingerprint density at radius 1 is 1.04 bits per heavy atom.